The summed E-state index contributed by atoms with van der Waals surface area (Å²) in [5.74, 6) is 0.270. The highest BCUT2D eigenvalue weighted by Gasteiger charge is 2.28. The summed E-state index contributed by atoms with van der Waals surface area (Å²) in [6.07, 6.45) is 4.10. The number of hydrogen-bond acceptors (Lipinski definition) is 5. The smallest absolute Gasteiger partial charge is 0.259 e. The molecule has 0 aliphatic carbocycles. The van der Waals surface area contributed by atoms with Gasteiger partial charge in [0.2, 0.25) is 5.95 Å². The van der Waals surface area contributed by atoms with E-state index >= 15 is 0 Å². The molecule has 0 radical (unpaired) electrons. The molecule has 5 rings (SSSR count). The van der Waals surface area contributed by atoms with Gasteiger partial charge in [-0.1, -0.05) is 36.4 Å². The Morgan fingerprint density at radius 3 is 2.42 bits per heavy atom. The van der Waals surface area contributed by atoms with E-state index in [1.54, 1.807) is 22.9 Å². The van der Waals surface area contributed by atoms with Crippen LogP contribution >= 0.6 is 0 Å². The van der Waals surface area contributed by atoms with Crippen molar-refractivity contribution in [3.8, 4) is 0 Å². The van der Waals surface area contributed by atoms with Gasteiger partial charge in [-0.25, -0.2) is 9.37 Å². The molecule has 0 atom stereocenters. The second-order valence-corrected chi connectivity index (χ2v) is 8.25. The van der Waals surface area contributed by atoms with Crippen LogP contribution in [0.15, 0.2) is 83.9 Å². The summed E-state index contributed by atoms with van der Waals surface area (Å²) in [6, 6.07) is 20.1. The summed E-state index contributed by atoms with van der Waals surface area (Å²) in [5, 5.41) is 0. The van der Waals surface area contributed by atoms with E-state index < -0.39 is 0 Å². The van der Waals surface area contributed by atoms with Gasteiger partial charge in [0.05, 0.1) is 19.0 Å². The molecule has 0 saturated carbocycles. The van der Waals surface area contributed by atoms with E-state index in [9.17, 15) is 9.18 Å². The summed E-state index contributed by atoms with van der Waals surface area (Å²) in [5.41, 5.74) is 4.25. The lowest BCUT2D eigenvalue weighted by molar-refractivity contribution is 0.189. The van der Waals surface area contributed by atoms with E-state index in [1.807, 2.05) is 60.5 Å². The first-order valence-corrected chi connectivity index (χ1v) is 10.9. The highest BCUT2D eigenvalue weighted by atomic mass is 19.1. The van der Waals surface area contributed by atoms with Crippen molar-refractivity contribution in [2.45, 2.75) is 26.6 Å². The van der Waals surface area contributed by atoms with E-state index in [0.29, 0.717) is 43.5 Å². The molecule has 0 N–H and O–H groups in total. The van der Waals surface area contributed by atoms with E-state index in [1.165, 1.54) is 12.1 Å². The molecule has 0 saturated heterocycles. The van der Waals surface area contributed by atoms with Crippen molar-refractivity contribution in [2.24, 2.45) is 0 Å². The van der Waals surface area contributed by atoms with Crippen molar-refractivity contribution in [3.63, 3.8) is 0 Å². The number of fused-ring (bicyclic) bond motifs is 1. The summed E-state index contributed by atoms with van der Waals surface area (Å²) in [4.78, 5) is 26.8. The fourth-order valence-corrected chi connectivity index (χ4v) is 4.20. The van der Waals surface area contributed by atoms with Crippen molar-refractivity contribution in [2.75, 3.05) is 11.6 Å². The lowest BCUT2D eigenvalue weighted by Gasteiger charge is -2.38. The summed E-state index contributed by atoms with van der Waals surface area (Å²) in [7, 11) is 0. The number of pyridine rings is 1. The average Bonchev–Trinajstić information content (AvgIpc) is 2.84. The normalized spacial score (nSPS) is 13.7. The quantitative estimate of drug-likeness (QED) is 0.464. The summed E-state index contributed by atoms with van der Waals surface area (Å²) >= 11 is 0. The second kappa shape index (κ2) is 8.96. The lowest BCUT2D eigenvalue weighted by atomic mass is 10.1. The number of rotatable bonds is 5. The third-order valence-electron chi connectivity index (χ3n) is 5.86. The van der Waals surface area contributed by atoms with Gasteiger partial charge in [0.1, 0.15) is 5.82 Å². The molecule has 0 spiro atoms. The highest BCUT2D eigenvalue weighted by molar-refractivity contribution is 5.58. The van der Waals surface area contributed by atoms with Crippen LogP contribution in [0.5, 0.6) is 0 Å². The fraction of sp³-hybridized carbons (Fsp3) is 0.192. The van der Waals surface area contributed by atoms with Crippen LogP contribution in [0, 0.1) is 12.7 Å². The van der Waals surface area contributed by atoms with E-state index in [4.69, 9.17) is 4.98 Å². The summed E-state index contributed by atoms with van der Waals surface area (Å²) in [6.45, 7) is 3.44. The minimum absolute atomic E-state index is 0.0515. The van der Waals surface area contributed by atoms with E-state index in [2.05, 4.69) is 9.88 Å². The molecule has 4 aromatic rings. The van der Waals surface area contributed by atoms with E-state index in [0.717, 1.165) is 16.8 Å². The van der Waals surface area contributed by atoms with Crippen LogP contribution in [0.4, 0.5) is 16.0 Å². The Bertz CT molecular complexity index is 1310. The molecule has 1 aliphatic heterocycles. The Morgan fingerprint density at radius 1 is 0.939 bits per heavy atom. The number of benzene rings is 2. The van der Waals surface area contributed by atoms with E-state index in [-0.39, 0.29) is 11.4 Å². The molecule has 6 nitrogen and oxygen atoms in total. The van der Waals surface area contributed by atoms with Crippen LogP contribution in [0.3, 0.4) is 0 Å². The molecule has 1 aliphatic rings. The monoisotopic (exact) mass is 441 g/mol. The molecule has 0 fully saturated rings. The van der Waals surface area contributed by atoms with Crippen molar-refractivity contribution in [1.82, 2.24) is 19.4 Å². The lowest BCUT2D eigenvalue weighted by Crippen LogP contribution is -2.47. The molecule has 2 aromatic carbocycles. The first-order chi connectivity index (χ1) is 16.1. The Labute approximate surface area is 191 Å². The third kappa shape index (κ3) is 4.40. The van der Waals surface area contributed by atoms with Crippen LogP contribution < -0.4 is 10.5 Å². The maximum absolute atomic E-state index is 13.7. The van der Waals surface area contributed by atoms with Gasteiger partial charge in [-0.15, -0.1) is 0 Å². The van der Waals surface area contributed by atoms with Gasteiger partial charge < -0.3 is 0 Å². The zero-order valence-corrected chi connectivity index (χ0v) is 18.4. The molecule has 0 unspecified atom stereocenters. The second-order valence-electron chi connectivity index (χ2n) is 8.25. The first kappa shape index (κ1) is 21.0. The average molecular weight is 442 g/mol. The molecule has 166 valence electrons. The van der Waals surface area contributed by atoms with Gasteiger partial charge in [-0.3, -0.25) is 24.1 Å². The number of halogens is 1. The minimum atomic E-state index is -0.303. The molecule has 3 heterocycles. The van der Waals surface area contributed by atoms with Crippen molar-refractivity contribution < 1.29 is 4.39 Å². The van der Waals surface area contributed by atoms with Crippen LogP contribution in [0.1, 0.15) is 22.4 Å². The topological polar surface area (TPSA) is 54.3 Å². The Balaban J connectivity index is 1.57. The Morgan fingerprint density at radius 2 is 1.70 bits per heavy atom. The highest BCUT2D eigenvalue weighted by Crippen LogP contribution is 2.28. The molecule has 0 bridgehead atoms. The maximum Gasteiger partial charge on any atom is 0.259 e. The van der Waals surface area contributed by atoms with Gasteiger partial charge in [0.25, 0.3) is 5.56 Å². The van der Waals surface area contributed by atoms with Crippen molar-refractivity contribution in [1.29, 1.82) is 0 Å². The largest absolute Gasteiger partial charge is 0.298 e. The van der Waals surface area contributed by atoms with Crippen LogP contribution in [0.2, 0.25) is 0 Å². The van der Waals surface area contributed by atoms with Crippen molar-refractivity contribution >= 4 is 11.6 Å². The zero-order chi connectivity index (χ0) is 22.8. The Kier molecular flexibility index (Phi) is 5.71. The van der Waals surface area contributed by atoms with Gasteiger partial charge in [-0.05, 0) is 48.4 Å². The van der Waals surface area contributed by atoms with Gasteiger partial charge >= 0.3 is 0 Å². The van der Waals surface area contributed by atoms with Crippen LogP contribution in [0.25, 0.3) is 0 Å². The predicted octanol–water partition coefficient (Wildman–Crippen LogP) is 4.25. The third-order valence-corrected chi connectivity index (χ3v) is 5.86. The minimum Gasteiger partial charge on any atom is -0.298 e. The van der Waals surface area contributed by atoms with Crippen molar-refractivity contribution in [3.05, 3.63) is 118 Å². The van der Waals surface area contributed by atoms with Crippen LogP contribution in [-0.4, -0.2) is 26.1 Å². The zero-order valence-electron chi connectivity index (χ0n) is 18.4. The summed E-state index contributed by atoms with van der Waals surface area (Å²) < 4.78 is 15.3. The number of aryl methyl sites for hydroxylation is 1. The number of nitrogens with zero attached hydrogens (tertiary/aromatic N) is 5. The fourth-order valence-electron chi connectivity index (χ4n) is 4.20. The molecule has 2 aromatic heterocycles. The molecule has 33 heavy (non-hydrogen) atoms. The molecular formula is C26H24FN5O. The first-order valence-electron chi connectivity index (χ1n) is 10.9. The molecule has 0 amide bonds. The molecule has 7 heteroatoms. The van der Waals surface area contributed by atoms with Crippen LogP contribution in [-0.2, 0) is 19.6 Å². The SMILES string of the molecule is Cc1nc2n(c(=O)c1Cc1ccccc1)CN(Cc1cccnc1)CN2c1ccc(F)cc1. The number of anilines is 2. The van der Waals surface area contributed by atoms with Gasteiger partial charge in [0, 0.05) is 36.6 Å². The Hall–Kier alpha value is -3.84. The number of hydrogen-bond donors (Lipinski definition) is 0. The maximum atomic E-state index is 13.7. The molecular weight excluding hydrogens is 417 g/mol. The van der Waals surface area contributed by atoms with Gasteiger partial charge in [0.15, 0.2) is 0 Å². The number of aromatic nitrogens is 3. The van der Waals surface area contributed by atoms with Gasteiger partial charge in [-0.2, -0.15) is 0 Å². The standard InChI is InChI=1S/C26H24FN5O/c1-19-24(14-20-6-3-2-4-7-20)25(33)32-18-30(16-21-8-5-13-28-15-21)17-31(26(32)29-19)23-11-9-22(27)10-12-23/h2-13,15H,14,16-18H2,1H3. The predicted molar refractivity (Wildman–Crippen MR) is 126 cm³/mol.